The molecular formula is C23H24N2O2. The van der Waals surface area contributed by atoms with Crippen LogP contribution in [0.25, 0.3) is 22.4 Å². The molecule has 0 aliphatic heterocycles. The van der Waals surface area contributed by atoms with Crippen LogP contribution in [0, 0.1) is 0 Å². The van der Waals surface area contributed by atoms with Crippen molar-refractivity contribution >= 4 is 5.97 Å². The van der Waals surface area contributed by atoms with Crippen LogP contribution in [0.3, 0.4) is 0 Å². The number of benzene rings is 2. The Balaban J connectivity index is 1.75. The zero-order chi connectivity index (χ0) is 18.9. The van der Waals surface area contributed by atoms with E-state index in [0.29, 0.717) is 0 Å². The predicted octanol–water partition coefficient (Wildman–Crippen LogP) is 5.39. The number of aryl methyl sites for hydroxylation is 1. The maximum absolute atomic E-state index is 10.6. The van der Waals surface area contributed by atoms with Crippen molar-refractivity contribution < 1.29 is 9.90 Å². The van der Waals surface area contributed by atoms with Gasteiger partial charge in [-0.15, -0.1) is 0 Å². The molecule has 0 aliphatic carbocycles. The topological polar surface area (TPSA) is 63.1 Å². The molecule has 1 heterocycles. The van der Waals surface area contributed by atoms with Gasteiger partial charge >= 0.3 is 5.97 Å². The molecule has 2 aromatic carbocycles. The molecule has 0 unspecified atom stereocenters. The maximum Gasteiger partial charge on any atom is 0.303 e. The summed E-state index contributed by atoms with van der Waals surface area (Å²) >= 11 is 0. The maximum atomic E-state index is 10.6. The molecule has 27 heavy (non-hydrogen) atoms. The molecule has 1 aromatic heterocycles. The Hall–Kier alpha value is -3.01. The van der Waals surface area contributed by atoms with Crippen molar-refractivity contribution in [3.05, 3.63) is 72.7 Å². The minimum Gasteiger partial charge on any atom is -0.481 e. The van der Waals surface area contributed by atoms with Crippen molar-refractivity contribution in [3.63, 3.8) is 0 Å². The van der Waals surface area contributed by atoms with E-state index in [1.54, 1.807) is 0 Å². The van der Waals surface area contributed by atoms with Gasteiger partial charge in [0.15, 0.2) is 0 Å². The molecule has 0 fully saturated rings. The number of unbranched alkanes of at least 4 members (excludes halogenated alkanes) is 3. The Morgan fingerprint density at radius 3 is 2.11 bits per heavy atom. The fourth-order valence-corrected chi connectivity index (χ4v) is 3.10. The van der Waals surface area contributed by atoms with Gasteiger partial charge in [0.1, 0.15) is 5.82 Å². The van der Waals surface area contributed by atoms with E-state index >= 15 is 0 Å². The van der Waals surface area contributed by atoms with Crippen LogP contribution in [0.4, 0.5) is 0 Å². The summed E-state index contributed by atoms with van der Waals surface area (Å²) in [6.07, 6.45) is 6.61. The minimum atomic E-state index is -0.720. The molecule has 0 spiro atoms. The summed E-state index contributed by atoms with van der Waals surface area (Å²) in [7, 11) is 0. The molecule has 0 aliphatic rings. The lowest BCUT2D eigenvalue weighted by Crippen LogP contribution is -2.00. The summed E-state index contributed by atoms with van der Waals surface area (Å²) in [5.74, 6) is 0.120. The molecule has 0 bridgehead atoms. The second kappa shape index (κ2) is 9.62. The second-order valence-electron chi connectivity index (χ2n) is 6.59. The highest BCUT2D eigenvalue weighted by Gasteiger charge is 2.11. The van der Waals surface area contributed by atoms with Gasteiger partial charge in [0.25, 0.3) is 0 Å². The lowest BCUT2D eigenvalue weighted by Gasteiger charge is -2.11. The van der Waals surface area contributed by atoms with Crippen LogP contribution in [-0.2, 0) is 11.2 Å². The Morgan fingerprint density at radius 2 is 1.44 bits per heavy atom. The summed E-state index contributed by atoms with van der Waals surface area (Å²) in [4.78, 5) is 20.0. The van der Waals surface area contributed by atoms with E-state index in [2.05, 4.69) is 29.2 Å². The van der Waals surface area contributed by atoms with Gasteiger partial charge < -0.3 is 5.11 Å². The monoisotopic (exact) mass is 360 g/mol. The summed E-state index contributed by atoms with van der Waals surface area (Å²) in [5, 5.41) is 8.69. The van der Waals surface area contributed by atoms with Gasteiger partial charge in [-0.25, -0.2) is 9.97 Å². The third-order valence-electron chi connectivity index (χ3n) is 4.51. The molecule has 3 aromatic rings. The molecule has 138 valence electrons. The van der Waals surface area contributed by atoms with Crippen molar-refractivity contribution in [2.24, 2.45) is 0 Å². The van der Waals surface area contributed by atoms with Crippen molar-refractivity contribution in [2.45, 2.75) is 38.5 Å². The number of aromatic nitrogens is 2. The highest BCUT2D eigenvalue weighted by molar-refractivity contribution is 5.80. The van der Waals surface area contributed by atoms with Gasteiger partial charge in [-0.3, -0.25) is 4.79 Å². The highest BCUT2D eigenvalue weighted by atomic mass is 16.4. The fraction of sp³-hybridized carbons (Fsp3) is 0.261. The fourth-order valence-electron chi connectivity index (χ4n) is 3.10. The van der Waals surface area contributed by atoms with Gasteiger partial charge in [-0.05, 0) is 18.4 Å². The van der Waals surface area contributed by atoms with Crippen LogP contribution < -0.4 is 0 Å². The van der Waals surface area contributed by atoms with Gasteiger partial charge in [-0.1, -0.05) is 73.5 Å². The van der Waals surface area contributed by atoms with Gasteiger partial charge in [0.2, 0.25) is 0 Å². The number of hydrogen-bond acceptors (Lipinski definition) is 3. The first-order chi connectivity index (χ1) is 13.2. The van der Waals surface area contributed by atoms with E-state index < -0.39 is 5.97 Å². The quantitative estimate of drug-likeness (QED) is 0.520. The molecule has 1 N–H and O–H groups in total. The zero-order valence-electron chi connectivity index (χ0n) is 15.3. The van der Waals surface area contributed by atoms with Crippen LogP contribution in [0.5, 0.6) is 0 Å². The van der Waals surface area contributed by atoms with E-state index in [9.17, 15) is 4.79 Å². The summed E-state index contributed by atoms with van der Waals surface area (Å²) in [6.45, 7) is 0. The van der Waals surface area contributed by atoms with Crippen LogP contribution >= 0.6 is 0 Å². The Bertz CT molecular complexity index is 864. The van der Waals surface area contributed by atoms with Crippen molar-refractivity contribution in [1.82, 2.24) is 9.97 Å². The first-order valence-corrected chi connectivity index (χ1v) is 9.42. The Morgan fingerprint density at radius 1 is 0.815 bits per heavy atom. The molecule has 0 saturated heterocycles. The van der Waals surface area contributed by atoms with E-state index in [4.69, 9.17) is 10.1 Å². The number of carboxylic acid groups (broad SMARTS) is 1. The lowest BCUT2D eigenvalue weighted by molar-refractivity contribution is -0.137. The number of rotatable bonds is 9. The van der Waals surface area contributed by atoms with Crippen molar-refractivity contribution in [2.75, 3.05) is 0 Å². The van der Waals surface area contributed by atoms with Gasteiger partial charge in [-0.2, -0.15) is 0 Å². The largest absolute Gasteiger partial charge is 0.481 e. The summed E-state index contributed by atoms with van der Waals surface area (Å²) < 4.78 is 0. The van der Waals surface area contributed by atoms with Crippen LogP contribution in [0.1, 0.15) is 37.9 Å². The molecule has 0 radical (unpaired) electrons. The molecule has 4 nitrogen and oxygen atoms in total. The van der Waals surface area contributed by atoms with E-state index in [-0.39, 0.29) is 6.42 Å². The van der Waals surface area contributed by atoms with Gasteiger partial charge in [0.05, 0.1) is 5.69 Å². The third-order valence-corrected chi connectivity index (χ3v) is 4.51. The standard InChI is InChI=1S/C23H24N2O2/c26-22(27)16-10-2-1-9-15-21-24-17-20(18-11-5-3-6-12-18)23(25-21)19-13-7-4-8-14-19/h3-8,11-14,17H,1-2,9-10,15-16H2,(H,26,27). The highest BCUT2D eigenvalue weighted by Crippen LogP contribution is 2.30. The van der Waals surface area contributed by atoms with Gasteiger partial charge in [0, 0.05) is 30.2 Å². The normalized spacial score (nSPS) is 10.7. The molecule has 3 rings (SSSR count). The number of aliphatic carboxylic acids is 1. The van der Waals surface area contributed by atoms with Crippen LogP contribution in [-0.4, -0.2) is 21.0 Å². The minimum absolute atomic E-state index is 0.250. The lowest BCUT2D eigenvalue weighted by atomic mass is 10.0. The predicted molar refractivity (Wildman–Crippen MR) is 107 cm³/mol. The SMILES string of the molecule is O=C(O)CCCCCCc1ncc(-c2ccccc2)c(-c2ccccc2)n1. The summed E-state index contributed by atoms with van der Waals surface area (Å²) in [5.41, 5.74) is 4.18. The first-order valence-electron chi connectivity index (χ1n) is 9.42. The zero-order valence-corrected chi connectivity index (χ0v) is 15.3. The van der Waals surface area contributed by atoms with Crippen molar-refractivity contribution in [3.8, 4) is 22.4 Å². The van der Waals surface area contributed by atoms with Crippen LogP contribution in [0.2, 0.25) is 0 Å². The summed E-state index contributed by atoms with van der Waals surface area (Å²) in [6, 6.07) is 20.4. The number of hydrogen-bond donors (Lipinski definition) is 1. The smallest absolute Gasteiger partial charge is 0.303 e. The number of carboxylic acids is 1. The van der Waals surface area contributed by atoms with Crippen molar-refractivity contribution in [1.29, 1.82) is 0 Å². The molecule has 0 atom stereocenters. The average Bonchev–Trinajstić information content (AvgIpc) is 2.71. The molecule has 4 heteroatoms. The Labute approximate surface area is 159 Å². The molecule has 0 saturated carbocycles. The van der Waals surface area contributed by atoms with E-state index in [1.165, 1.54) is 0 Å². The van der Waals surface area contributed by atoms with Crippen LogP contribution in [0.15, 0.2) is 66.9 Å². The number of carbonyl (C=O) groups is 1. The molecule has 0 amide bonds. The Kier molecular flexibility index (Phi) is 6.69. The average molecular weight is 360 g/mol. The van der Waals surface area contributed by atoms with E-state index in [1.807, 2.05) is 42.6 Å². The first kappa shape index (κ1) is 18.8. The third kappa shape index (κ3) is 5.48. The number of nitrogens with zero attached hydrogens (tertiary/aromatic N) is 2. The van der Waals surface area contributed by atoms with E-state index in [0.717, 1.165) is 60.3 Å². The molecular weight excluding hydrogens is 336 g/mol. The second-order valence-corrected chi connectivity index (χ2v) is 6.59.